The highest BCUT2D eigenvalue weighted by Crippen LogP contribution is 2.31. The smallest absolute Gasteiger partial charge is 0.160 e. The largest absolute Gasteiger partial charge is 0.353 e. The number of nitrogens with one attached hydrogen (secondary N) is 1. The van der Waals surface area contributed by atoms with Gasteiger partial charge in [-0.05, 0) is 43.2 Å². The standard InChI is InChI=1S/C19H22F2N2/c20-15-10-14-13-6-3-7-17(19(13)23-18(14)11-16(15)21)22-9-8-12-4-1-2-5-12/h10-12,23H,1-9H2. The first kappa shape index (κ1) is 14.9. The highest BCUT2D eigenvalue weighted by atomic mass is 19.2. The number of hydrogen-bond acceptors (Lipinski definition) is 1. The Kier molecular flexibility index (Phi) is 3.92. The third-order valence-corrected chi connectivity index (χ3v) is 5.39. The van der Waals surface area contributed by atoms with E-state index in [1.54, 1.807) is 0 Å². The molecule has 2 nitrogen and oxygen atoms in total. The molecule has 4 rings (SSSR count). The van der Waals surface area contributed by atoms with Crippen LogP contribution >= 0.6 is 0 Å². The number of halogens is 2. The van der Waals surface area contributed by atoms with Crippen molar-refractivity contribution in [2.24, 2.45) is 10.9 Å². The minimum atomic E-state index is -0.796. The van der Waals surface area contributed by atoms with E-state index in [1.165, 1.54) is 44.2 Å². The van der Waals surface area contributed by atoms with Crippen LogP contribution in [-0.4, -0.2) is 17.2 Å². The molecule has 4 heteroatoms. The molecule has 0 amide bonds. The van der Waals surface area contributed by atoms with Gasteiger partial charge in [0.05, 0.1) is 11.4 Å². The number of H-pyrrole nitrogens is 1. The summed E-state index contributed by atoms with van der Waals surface area (Å²) in [7, 11) is 0. The summed E-state index contributed by atoms with van der Waals surface area (Å²) < 4.78 is 27.0. The van der Waals surface area contributed by atoms with E-state index in [9.17, 15) is 8.78 Å². The van der Waals surface area contributed by atoms with Gasteiger partial charge in [-0.25, -0.2) is 8.78 Å². The number of hydrogen-bond donors (Lipinski definition) is 1. The van der Waals surface area contributed by atoms with Gasteiger partial charge in [-0.1, -0.05) is 25.7 Å². The molecule has 2 aliphatic rings. The predicted octanol–water partition coefficient (Wildman–Crippen LogP) is 5.15. The van der Waals surface area contributed by atoms with Crippen LogP contribution in [0.5, 0.6) is 0 Å². The summed E-state index contributed by atoms with van der Waals surface area (Å²) in [6.45, 7) is 0.873. The molecule has 1 aromatic carbocycles. The third kappa shape index (κ3) is 2.79. The molecule has 0 spiro atoms. The van der Waals surface area contributed by atoms with Gasteiger partial charge in [-0.2, -0.15) is 0 Å². The lowest BCUT2D eigenvalue weighted by atomic mass is 9.94. The molecule has 0 saturated heterocycles. The summed E-state index contributed by atoms with van der Waals surface area (Å²) in [6, 6.07) is 2.58. The maximum absolute atomic E-state index is 13.5. The van der Waals surface area contributed by atoms with Crippen molar-refractivity contribution in [2.45, 2.75) is 51.4 Å². The fraction of sp³-hybridized carbons (Fsp3) is 0.526. The van der Waals surface area contributed by atoms with Gasteiger partial charge in [-0.15, -0.1) is 0 Å². The van der Waals surface area contributed by atoms with E-state index in [1.807, 2.05) is 0 Å². The molecule has 1 N–H and O–H groups in total. The van der Waals surface area contributed by atoms with Crippen molar-refractivity contribution in [3.63, 3.8) is 0 Å². The van der Waals surface area contributed by atoms with Crippen LogP contribution in [0, 0.1) is 17.6 Å². The van der Waals surface area contributed by atoms with E-state index in [-0.39, 0.29) is 0 Å². The fourth-order valence-electron chi connectivity index (χ4n) is 4.15. The molecule has 0 radical (unpaired) electrons. The summed E-state index contributed by atoms with van der Waals surface area (Å²) in [6.07, 6.45) is 9.48. The Morgan fingerprint density at radius 3 is 2.65 bits per heavy atom. The average molecular weight is 316 g/mol. The van der Waals surface area contributed by atoms with Crippen LogP contribution in [0.2, 0.25) is 0 Å². The van der Waals surface area contributed by atoms with E-state index < -0.39 is 11.6 Å². The molecule has 1 heterocycles. The molecule has 0 unspecified atom stereocenters. The number of aromatic amines is 1. The summed E-state index contributed by atoms with van der Waals surface area (Å²) in [5.41, 5.74) is 3.87. The molecule has 122 valence electrons. The molecule has 0 atom stereocenters. The van der Waals surface area contributed by atoms with E-state index in [2.05, 4.69) is 4.98 Å². The summed E-state index contributed by atoms with van der Waals surface area (Å²) in [5.74, 6) is -0.728. The monoisotopic (exact) mass is 316 g/mol. The number of fused-ring (bicyclic) bond motifs is 3. The minimum absolute atomic E-state index is 0.680. The summed E-state index contributed by atoms with van der Waals surface area (Å²) in [5, 5.41) is 0.807. The van der Waals surface area contributed by atoms with Gasteiger partial charge in [0, 0.05) is 23.5 Å². The second-order valence-electron chi connectivity index (χ2n) is 6.91. The topological polar surface area (TPSA) is 28.1 Å². The van der Waals surface area contributed by atoms with Gasteiger partial charge < -0.3 is 4.98 Å². The Morgan fingerprint density at radius 2 is 1.83 bits per heavy atom. The van der Waals surface area contributed by atoms with Crippen LogP contribution in [0.3, 0.4) is 0 Å². The second-order valence-corrected chi connectivity index (χ2v) is 6.91. The maximum Gasteiger partial charge on any atom is 0.160 e. The fourth-order valence-corrected chi connectivity index (χ4v) is 4.15. The third-order valence-electron chi connectivity index (χ3n) is 5.39. The molecule has 2 aromatic rings. The van der Waals surface area contributed by atoms with Crippen molar-refractivity contribution in [3.8, 4) is 0 Å². The summed E-state index contributed by atoms with van der Waals surface area (Å²) in [4.78, 5) is 8.10. The first-order valence-electron chi connectivity index (χ1n) is 8.75. The highest BCUT2D eigenvalue weighted by molar-refractivity contribution is 6.06. The molecule has 0 aliphatic heterocycles. The Morgan fingerprint density at radius 1 is 1.04 bits per heavy atom. The summed E-state index contributed by atoms with van der Waals surface area (Å²) >= 11 is 0. The van der Waals surface area contributed by atoms with Crippen LogP contribution in [0.15, 0.2) is 17.1 Å². The van der Waals surface area contributed by atoms with Crippen LogP contribution in [0.1, 0.15) is 56.2 Å². The zero-order chi connectivity index (χ0) is 15.8. The van der Waals surface area contributed by atoms with Crippen molar-refractivity contribution in [1.29, 1.82) is 0 Å². The zero-order valence-corrected chi connectivity index (χ0v) is 13.3. The van der Waals surface area contributed by atoms with Gasteiger partial charge in [0.15, 0.2) is 11.6 Å². The minimum Gasteiger partial charge on any atom is -0.353 e. The Labute approximate surface area is 135 Å². The maximum atomic E-state index is 13.5. The Bertz CT molecular complexity index is 754. The van der Waals surface area contributed by atoms with Gasteiger partial charge in [0.25, 0.3) is 0 Å². The molecule has 1 saturated carbocycles. The number of aliphatic imine (C=N–C) groups is 1. The van der Waals surface area contributed by atoms with Crippen LogP contribution in [0.25, 0.3) is 10.9 Å². The number of nitrogens with zero attached hydrogens (tertiary/aromatic N) is 1. The lowest BCUT2D eigenvalue weighted by molar-refractivity contribution is 0.511. The number of rotatable bonds is 3. The highest BCUT2D eigenvalue weighted by Gasteiger charge is 2.22. The lowest BCUT2D eigenvalue weighted by Crippen LogP contribution is -2.12. The second kappa shape index (κ2) is 6.06. The number of aryl methyl sites for hydroxylation is 1. The Balaban J connectivity index is 1.62. The van der Waals surface area contributed by atoms with Gasteiger partial charge >= 0.3 is 0 Å². The molecular formula is C19H22F2N2. The van der Waals surface area contributed by atoms with Crippen molar-refractivity contribution < 1.29 is 8.78 Å². The first-order chi connectivity index (χ1) is 11.2. The van der Waals surface area contributed by atoms with Gasteiger partial charge in [-0.3, -0.25) is 4.99 Å². The molecule has 2 aliphatic carbocycles. The van der Waals surface area contributed by atoms with E-state index >= 15 is 0 Å². The Hall–Kier alpha value is -1.71. The van der Waals surface area contributed by atoms with Crippen molar-refractivity contribution in [3.05, 3.63) is 35.0 Å². The van der Waals surface area contributed by atoms with Gasteiger partial charge in [0.2, 0.25) is 0 Å². The van der Waals surface area contributed by atoms with Crippen molar-refractivity contribution in [1.82, 2.24) is 4.98 Å². The van der Waals surface area contributed by atoms with Gasteiger partial charge in [0.1, 0.15) is 0 Å². The first-order valence-corrected chi connectivity index (χ1v) is 8.75. The number of aromatic nitrogens is 1. The average Bonchev–Trinajstić information content (AvgIpc) is 3.16. The van der Waals surface area contributed by atoms with E-state index in [0.717, 1.165) is 54.1 Å². The van der Waals surface area contributed by atoms with Crippen LogP contribution < -0.4 is 0 Å². The lowest BCUT2D eigenvalue weighted by Gasteiger charge is -2.15. The number of benzene rings is 1. The molecule has 1 fully saturated rings. The molecule has 1 aromatic heterocycles. The molecule has 0 bridgehead atoms. The molecular weight excluding hydrogens is 294 g/mol. The quantitative estimate of drug-likeness (QED) is 0.811. The normalized spacial score (nSPS) is 20.5. The predicted molar refractivity (Wildman–Crippen MR) is 89.1 cm³/mol. The van der Waals surface area contributed by atoms with E-state index in [0.29, 0.717) is 5.52 Å². The van der Waals surface area contributed by atoms with Crippen LogP contribution in [0.4, 0.5) is 8.78 Å². The van der Waals surface area contributed by atoms with E-state index in [4.69, 9.17) is 4.99 Å². The molecule has 23 heavy (non-hydrogen) atoms. The van der Waals surface area contributed by atoms with Crippen molar-refractivity contribution in [2.75, 3.05) is 6.54 Å². The van der Waals surface area contributed by atoms with Crippen molar-refractivity contribution >= 4 is 16.6 Å². The SMILES string of the molecule is Fc1cc2[nH]c3c(c2cc1F)CCCC3=NCCC1CCCC1. The zero-order valence-electron chi connectivity index (χ0n) is 13.3. The van der Waals surface area contributed by atoms with Crippen LogP contribution in [-0.2, 0) is 6.42 Å².